The van der Waals surface area contributed by atoms with Gasteiger partial charge in [0.15, 0.2) is 6.10 Å². The van der Waals surface area contributed by atoms with Crippen LogP contribution in [0.15, 0.2) is 60.8 Å². The first-order valence-electron chi connectivity index (χ1n) is 40.5. The minimum absolute atomic E-state index is 0.177. The zero-order valence-electron chi connectivity index (χ0n) is 62.4. The number of carboxylic acid groups (broad SMARTS) is 1. The molecule has 544 valence electrons. The van der Waals surface area contributed by atoms with E-state index in [0.29, 0.717) is 17.4 Å². The monoisotopic (exact) mass is 1310 g/mol. The standard InChI is InChI=1S/C84H155NO8/c1-6-8-10-12-14-16-18-20-22-24-26-28-30-32-34-36-38-40-41-43-44-46-48-50-52-54-56-58-60-62-64-66-68-70-72-74-81(86)91-78-80(79-92-84(83(88)89)90-77-76-85(3,4)5)93-82(87)75-73-71-69-67-65-63-61-59-57-55-53-51-49-47-45-42-39-37-35-33-31-29-27-25-23-21-19-17-15-13-11-9-7-2/h9,11,15,17,21,23,27,29,33,35,80,84H,6-8,10,12-14,16,18-20,22,24-26,28,30-32,34,36-79H2,1-5H3/p+1/b11-9-,17-15-,23-21-,29-27-,35-33-. The molecule has 0 aromatic rings. The molecular weight excluding hydrogens is 1150 g/mol. The lowest BCUT2D eigenvalue weighted by atomic mass is 10.0. The molecule has 1 N–H and O–H groups in total. The third-order valence-corrected chi connectivity index (χ3v) is 18.3. The number of quaternary nitrogens is 1. The van der Waals surface area contributed by atoms with Crippen LogP contribution in [-0.4, -0.2) is 87.4 Å². The SMILES string of the molecule is CC/C=C\C/C=C\C/C=C\C/C=C\C/C=C\CCCCCCCCCCCCCCCCCCCC(=O)OC(COC(=O)CCCCCCCCCCCCCCCCCCCCCCCCCCCCCCCCCCCCC)COC(OCC[N+](C)(C)C)C(=O)O. The molecule has 0 bridgehead atoms. The molecule has 2 unspecified atom stereocenters. The molecule has 0 rings (SSSR count). The predicted octanol–water partition coefficient (Wildman–Crippen LogP) is 25.8. The Labute approximate surface area is 577 Å². The molecule has 0 saturated heterocycles. The number of rotatable bonds is 76. The first-order valence-corrected chi connectivity index (χ1v) is 40.5. The summed E-state index contributed by atoms with van der Waals surface area (Å²) < 4.78 is 23.1. The normalized spacial score (nSPS) is 12.9. The molecule has 0 aliphatic rings. The van der Waals surface area contributed by atoms with Gasteiger partial charge in [-0.15, -0.1) is 0 Å². The summed E-state index contributed by atoms with van der Waals surface area (Å²) in [6.07, 6.45) is 96.7. The fraction of sp³-hybridized carbons (Fsp3) is 0.845. The van der Waals surface area contributed by atoms with E-state index in [9.17, 15) is 19.5 Å². The van der Waals surface area contributed by atoms with Gasteiger partial charge in [-0.05, 0) is 57.8 Å². The number of hydrogen-bond donors (Lipinski definition) is 1. The van der Waals surface area contributed by atoms with Crippen molar-refractivity contribution in [3.05, 3.63) is 60.8 Å². The maximum atomic E-state index is 13.0. The highest BCUT2D eigenvalue weighted by Crippen LogP contribution is 2.20. The largest absolute Gasteiger partial charge is 0.477 e. The second-order valence-corrected chi connectivity index (χ2v) is 28.7. The molecule has 93 heavy (non-hydrogen) atoms. The van der Waals surface area contributed by atoms with Crippen LogP contribution in [0.5, 0.6) is 0 Å². The molecule has 0 aromatic heterocycles. The van der Waals surface area contributed by atoms with Crippen LogP contribution in [0.3, 0.4) is 0 Å². The van der Waals surface area contributed by atoms with E-state index in [-0.39, 0.29) is 38.2 Å². The average Bonchev–Trinajstić information content (AvgIpc) is 3.74. The molecular formula is C84H156NO8+. The summed E-state index contributed by atoms with van der Waals surface area (Å²) in [6.45, 7) is 4.84. The highest BCUT2D eigenvalue weighted by atomic mass is 16.7. The van der Waals surface area contributed by atoms with Crippen LogP contribution in [0.25, 0.3) is 0 Å². The Kier molecular flexibility index (Phi) is 72.4. The molecule has 0 aliphatic carbocycles. The van der Waals surface area contributed by atoms with Gasteiger partial charge in [0.2, 0.25) is 0 Å². The van der Waals surface area contributed by atoms with Crippen molar-refractivity contribution in [2.24, 2.45) is 0 Å². The Morgan fingerprint density at radius 3 is 0.914 bits per heavy atom. The number of esters is 2. The molecule has 9 nitrogen and oxygen atoms in total. The van der Waals surface area contributed by atoms with Crippen LogP contribution < -0.4 is 0 Å². The summed E-state index contributed by atoms with van der Waals surface area (Å²) in [7, 11) is 6.00. The molecule has 0 amide bonds. The quantitative estimate of drug-likeness (QED) is 0.0211. The maximum absolute atomic E-state index is 13.0. The Morgan fingerprint density at radius 2 is 0.613 bits per heavy atom. The smallest absolute Gasteiger partial charge is 0.361 e. The van der Waals surface area contributed by atoms with Gasteiger partial charge in [-0.2, -0.15) is 0 Å². The van der Waals surface area contributed by atoms with Gasteiger partial charge in [-0.25, -0.2) is 4.79 Å². The van der Waals surface area contributed by atoms with Crippen LogP contribution in [0.4, 0.5) is 0 Å². The third kappa shape index (κ3) is 76.2. The summed E-state index contributed by atoms with van der Waals surface area (Å²) in [5.41, 5.74) is 0. The molecule has 9 heteroatoms. The Morgan fingerprint density at radius 1 is 0.333 bits per heavy atom. The van der Waals surface area contributed by atoms with Crippen LogP contribution in [-0.2, 0) is 33.3 Å². The van der Waals surface area contributed by atoms with Crippen molar-refractivity contribution in [3.8, 4) is 0 Å². The van der Waals surface area contributed by atoms with Gasteiger partial charge in [0.05, 0.1) is 34.4 Å². The highest BCUT2D eigenvalue weighted by molar-refractivity contribution is 5.71. The van der Waals surface area contributed by atoms with Gasteiger partial charge in [-0.1, -0.05) is 389 Å². The summed E-state index contributed by atoms with van der Waals surface area (Å²) in [6, 6.07) is 0. The van der Waals surface area contributed by atoms with E-state index in [4.69, 9.17) is 18.9 Å². The summed E-state index contributed by atoms with van der Waals surface area (Å²) in [5, 5.41) is 9.77. The van der Waals surface area contributed by atoms with E-state index in [0.717, 1.165) is 70.6 Å². The van der Waals surface area contributed by atoms with E-state index in [1.807, 2.05) is 21.1 Å². The number of unbranched alkanes of at least 4 members (excludes halogenated alkanes) is 51. The molecule has 0 radical (unpaired) electrons. The number of allylic oxidation sites excluding steroid dienone is 10. The molecule has 2 atom stereocenters. The van der Waals surface area contributed by atoms with Crippen LogP contribution in [0.2, 0.25) is 0 Å². The minimum atomic E-state index is -1.51. The molecule has 0 spiro atoms. The zero-order chi connectivity index (χ0) is 67.5. The number of likely N-dealkylation sites (N-methyl/N-ethyl adjacent to an activating group) is 1. The fourth-order valence-corrected chi connectivity index (χ4v) is 12.2. The summed E-state index contributed by atoms with van der Waals surface area (Å²) in [4.78, 5) is 37.7. The van der Waals surface area contributed by atoms with Gasteiger partial charge < -0.3 is 28.5 Å². The van der Waals surface area contributed by atoms with Crippen molar-refractivity contribution >= 4 is 17.9 Å². The third-order valence-electron chi connectivity index (χ3n) is 18.3. The number of aliphatic carboxylic acids is 1. The highest BCUT2D eigenvalue weighted by Gasteiger charge is 2.25. The number of carbonyl (C=O) groups excluding carboxylic acids is 2. The van der Waals surface area contributed by atoms with Crippen molar-refractivity contribution in [1.82, 2.24) is 0 Å². The Balaban J connectivity index is 3.97. The second kappa shape index (κ2) is 74.8. The van der Waals surface area contributed by atoms with E-state index < -0.39 is 18.4 Å². The van der Waals surface area contributed by atoms with E-state index in [1.54, 1.807) is 0 Å². The fourth-order valence-electron chi connectivity index (χ4n) is 12.2. The number of nitrogens with zero attached hydrogens (tertiary/aromatic N) is 1. The van der Waals surface area contributed by atoms with E-state index >= 15 is 0 Å². The van der Waals surface area contributed by atoms with Gasteiger partial charge in [0.1, 0.15) is 13.2 Å². The molecule has 0 saturated carbocycles. The zero-order valence-corrected chi connectivity index (χ0v) is 62.4. The lowest BCUT2D eigenvalue weighted by Gasteiger charge is -2.25. The number of hydrogen-bond acceptors (Lipinski definition) is 7. The van der Waals surface area contributed by atoms with Crippen molar-refractivity contribution < 1.29 is 42.9 Å². The summed E-state index contributed by atoms with van der Waals surface area (Å²) in [5.74, 6) is -1.98. The van der Waals surface area contributed by atoms with E-state index in [1.165, 1.54) is 302 Å². The molecule has 0 heterocycles. The average molecular weight is 1310 g/mol. The lowest BCUT2D eigenvalue weighted by Crippen LogP contribution is -2.40. The molecule has 0 aromatic carbocycles. The van der Waals surface area contributed by atoms with Crippen LogP contribution in [0.1, 0.15) is 399 Å². The van der Waals surface area contributed by atoms with Crippen molar-refractivity contribution in [2.75, 3.05) is 47.5 Å². The number of carbonyl (C=O) groups is 3. The lowest BCUT2D eigenvalue weighted by molar-refractivity contribution is -0.870. The Bertz CT molecular complexity index is 1710. The molecule has 0 fully saturated rings. The van der Waals surface area contributed by atoms with E-state index in [2.05, 4.69) is 74.6 Å². The second-order valence-electron chi connectivity index (χ2n) is 28.7. The predicted molar refractivity (Wildman–Crippen MR) is 401 cm³/mol. The first kappa shape index (κ1) is 90.0. The number of ether oxygens (including phenoxy) is 4. The molecule has 0 aliphatic heterocycles. The van der Waals surface area contributed by atoms with Crippen LogP contribution >= 0.6 is 0 Å². The summed E-state index contributed by atoms with van der Waals surface area (Å²) >= 11 is 0. The minimum Gasteiger partial charge on any atom is -0.477 e. The maximum Gasteiger partial charge on any atom is 0.361 e. The first-order chi connectivity index (χ1) is 45.6. The van der Waals surface area contributed by atoms with Gasteiger partial charge in [0.25, 0.3) is 6.29 Å². The van der Waals surface area contributed by atoms with Crippen molar-refractivity contribution in [1.29, 1.82) is 0 Å². The number of carboxylic acids is 1. The van der Waals surface area contributed by atoms with Gasteiger partial charge >= 0.3 is 17.9 Å². The van der Waals surface area contributed by atoms with Crippen molar-refractivity contribution in [3.63, 3.8) is 0 Å². The Hall–Kier alpha value is -3.01. The van der Waals surface area contributed by atoms with Crippen LogP contribution in [0, 0.1) is 0 Å². The van der Waals surface area contributed by atoms with Gasteiger partial charge in [-0.3, -0.25) is 9.59 Å². The topological polar surface area (TPSA) is 108 Å². The van der Waals surface area contributed by atoms with Crippen molar-refractivity contribution in [2.45, 2.75) is 411 Å². The van der Waals surface area contributed by atoms with Gasteiger partial charge in [0, 0.05) is 12.8 Å².